The molecular weight excluding hydrogens is 513 g/mol. The van der Waals surface area contributed by atoms with Gasteiger partial charge in [0, 0.05) is 42.0 Å². The molecule has 0 radical (unpaired) electrons. The highest BCUT2D eigenvalue weighted by Crippen LogP contribution is 2.45. The molecule has 8 nitrogen and oxygen atoms in total. The second kappa shape index (κ2) is 10.5. The number of benzene rings is 2. The van der Waals surface area contributed by atoms with Gasteiger partial charge in [0.25, 0.3) is 5.56 Å². The topological polar surface area (TPSA) is 104 Å². The lowest BCUT2D eigenvalue weighted by Gasteiger charge is -2.17. The van der Waals surface area contributed by atoms with Crippen LogP contribution in [0.2, 0.25) is 10.0 Å². The molecule has 37 heavy (non-hydrogen) atoms. The van der Waals surface area contributed by atoms with Gasteiger partial charge in [-0.15, -0.1) is 0 Å². The number of nitrogens with one attached hydrogen (secondary N) is 1. The van der Waals surface area contributed by atoms with Gasteiger partial charge in [-0.05, 0) is 48.9 Å². The van der Waals surface area contributed by atoms with Crippen LogP contribution in [0.4, 0.5) is 11.6 Å². The zero-order chi connectivity index (χ0) is 26.1. The number of hydrogen-bond donors (Lipinski definition) is 2. The molecule has 1 saturated carbocycles. The molecule has 1 aliphatic rings. The van der Waals surface area contributed by atoms with Crippen LogP contribution in [-0.2, 0) is 13.0 Å². The quantitative estimate of drug-likeness (QED) is 0.273. The lowest BCUT2D eigenvalue weighted by molar-refractivity contribution is 0.395. The molecular formula is C27H27Cl2N5O3. The summed E-state index contributed by atoms with van der Waals surface area (Å²) < 4.78 is 12.5. The van der Waals surface area contributed by atoms with Crippen molar-refractivity contribution in [3.8, 4) is 22.6 Å². The first-order chi connectivity index (χ1) is 17.9. The van der Waals surface area contributed by atoms with Gasteiger partial charge in [-0.1, -0.05) is 35.3 Å². The molecule has 2 aromatic carbocycles. The molecule has 1 fully saturated rings. The fraction of sp³-hybridized carbons (Fsp3) is 0.296. The number of fused-ring (bicyclic) bond motifs is 1. The Morgan fingerprint density at radius 3 is 2.38 bits per heavy atom. The monoisotopic (exact) mass is 539 g/mol. The van der Waals surface area contributed by atoms with Gasteiger partial charge >= 0.3 is 0 Å². The molecule has 1 aliphatic carbocycles. The number of rotatable bonds is 9. The smallest absolute Gasteiger partial charge is 0.260 e. The fourth-order valence-corrected chi connectivity index (χ4v) is 4.94. The van der Waals surface area contributed by atoms with Gasteiger partial charge in [0.15, 0.2) is 0 Å². The SMILES string of the molecule is COc1cc(OC)c(Cl)c(-c2cc3cnc(NCC4CC4)nc3n(CCc3ccc(N)cc3)c2=O)c1Cl. The Kier molecular flexibility index (Phi) is 7.13. The Morgan fingerprint density at radius 2 is 1.76 bits per heavy atom. The minimum atomic E-state index is -0.283. The summed E-state index contributed by atoms with van der Waals surface area (Å²) in [5.41, 5.74) is 8.45. The van der Waals surface area contributed by atoms with E-state index in [9.17, 15) is 4.79 Å². The maximum atomic E-state index is 14.0. The standard InChI is InChI=1S/C27H27Cl2N5O3/c1-36-20-12-21(37-2)24(29)22(23(20)28)19-11-17-14-32-27(31-13-16-3-4-16)33-25(17)34(26(19)35)10-9-15-5-7-18(30)8-6-15/h5-8,11-12,14,16H,3-4,9-10,13,30H2,1-2H3,(H,31,32,33). The number of hydrogen-bond acceptors (Lipinski definition) is 7. The number of halogens is 2. The minimum absolute atomic E-state index is 0.221. The minimum Gasteiger partial charge on any atom is -0.495 e. The number of aromatic nitrogens is 3. The van der Waals surface area contributed by atoms with Gasteiger partial charge in [0.1, 0.15) is 17.1 Å². The Labute approximate surface area is 224 Å². The van der Waals surface area contributed by atoms with E-state index in [0.717, 1.165) is 12.1 Å². The number of ether oxygens (including phenoxy) is 2. The van der Waals surface area contributed by atoms with Crippen LogP contribution in [0.5, 0.6) is 11.5 Å². The average molecular weight is 540 g/mol. The lowest BCUT2D eigenvalue weighted by atomic mass is 10.0. The highest BCUT2D eigenvalue weighted by molar-refractivity contribution is 6.41. The van der Waals surface area contributed by atoms with Crippen molar-refractivity contribution in [1.29, 1.82) is 0 Å². The molecule has 5 rings (SSSR count). The van der Waals surface area contributed by atoms with Gasteiger partial charge in [0.2, 0.25) is 5.95 Å². The third-order valence-corrected chi connectivity index (χ3v) is 7.27. The van der Waals surface area contributed by atoms with E-state index in [1.807, 2.05) is 24.3 Å². The first-order valence-electron chi connectivity index (χ1n) is 12.0. The van der Waals surface area contributed by atoms with Crippen molar-refractivity contribution in [2.75, 3.05) is 31.8 Å². The summed E-state index contributed by atoms with van der Waals surface area (Å²) in [5, 5.41) is 4.41. The Morgan fingerprint density at radius 1 is 1.08 bits per heavy atom. The maximum Gasteiger partial charge on any atom is 0.260 e. The Balaban J connectivity index is 1.66. The van der Waals surface area contributed by atoms with Crippen LogP contribution >= 0.6 is 23.2 Å². The number of nitrogens with zero attached hydrogens (tertiary/aromatic N) is 3. The molecule has 0 spiro atoms. The average Bonchev–Trinajstić information content (AvgIpc) is 3.73. The molecule has 192 valence electrons. The van der Waals surface area contributed by atoms with E-state index in [2.05, 4.69) is 10.3 Å². The molecule has 2 heterocycles. The summed E-state index contributed by atoms with van der Waals surface area (Å²) in [6.07, 6.45) is 4.72. The molecule has 0 amide bonds. The van der Waals surface area contributed by atoms with Crippen molar-refractivity contribution in [2.24, 2.45) is 5.92 Å². The van der Waals surface area contributed by atoms with Crippen molar-refractivity contribution in [3.05, 3.63) is 68.6 Å². The van der Waals surface area contributed by atoms with Crippen molar-refractivity contribution in [1.82, 2.24) is 14.5 Å². The summed E-state index contributed by atoms with van der Waals surface area (Å²) in [7, 11) is 2.99. The van der Waals surface area contributed by atoms with Crippen molar-refractivity contribution in [3.63, 3.8) is 0 Å². The zero-order valence-corrected chi connectivity index (χ0v) is 22.1. The number of nitrogen functional groups attached to an aromatic ring is 1. The molecule has 10 heteroatoms. The van der Waals surface area contributed by atoms with Crippen LogP contribution < -0.4 is 26.1 Å². The van der Waals surface area contributed by atoms with Crippen molar-refractivity contribution >= 4 is 45.9 Å². The molecule has 0 atom stereocenters. The molecule has 4 aromatic rings. The summed E-state index contributed by atoms with van der Waals surface area (Å²) in [5.74, 6) is 1.84. The van der Waals surface area contributed by atoms with Crippen LogP contribution in [0, 0.1) is 5.92 Å². The number of pyridine rings is 1. The molecule has 0 unspecified atom stereocenters. The fourth-order valence-electron chi connectivity index (χ4n) is 4.24. The van der Waals surface area contributed by atoms with Crippen LogP contribution in [0.3, 0.4) is 0 Å². The first kappa shape index (κ1) is 25.2. The van der Waals surface area contributed by atoms with Crippen LogP contribution in [0.1, 0.15) is 18.4 Å². The predicted octanol–water partition coefficient (Wildman–Crippen LogP) is 5.43. The molecule has 0 aliphatic heterocycles. The predicted molar refractivity (Wildman–Crippen MR) is 148 cm³/mol. The second-order valence-electron chi connectivity index (χ2n) is 9.09. The van der Waals surface area contributed by atoms with Gasteiger partial charge in [0.05, 0.1) is 29.8 Å². The van der Waals surface area contributed by atoms with Gasteiger partial charge in [-0.2, -0.15) is 4.98 Å². The maximum absolute atomic E-state index is 14.0. The van der Waals surface area contributed by atoms with Crippen LogP contribution in [0.25, 0.3) is 22.2 Å². The summed E-state index contributed by atoms with van der Waals surface area (Å²) in [6.45, 7) is 1.19. The number of aryl methyl sites for hydroxylation is 2. The van der Waals surface area contributed by atoms with Crippen LogP contribution in [0.15, 0.2) is 47.4 Å². The van der Waals surface area contributed by atoms with E-state index >= 15 is 0 Å². The van der Waals surface area contributed by atoms with Crippen molar-refractivity contribution in [2.45, 2.75) is 25.8 Å². The van der Waals surface area contributed by atoms with E-state index in [0.29, 0.717) is 64.2 Å². The molecule has 3 N–H and O–H groups in total. The van der Waals surface area contributed by atoms with Crippen LogP contribution in [-0.4, -0.2) is 35.3 Å². The lowest BCUT2D eigenvalue weighted by Crippen LogP contribution is -2.24. The van der Waals surface area contributed by atoms with E-state index < -0.39 is 0 Å². The van der Waals surface area contributed by atoms with E-state index in [4.69, 9.17) is 43.4 Å². The number of methoxy groups -OCH3 is 2. The second-order valence-corrected chi connectivity index (χ2v) is 9.84. The van der Waals surface area contributed by atoms with Gasteiger partial charge in [-0.25, -0.2) is 4.98 Å². The zero-order valence-electron chi connectivity index (χ0n) is 20.6. The highest BCUT2D eigenvalue weighted by atomic mass is 35.5. The summed E-state index contributed by atoms with van der Waals surface area (Å²) in [6, 6.07) is 10.9. The normalized spacial score (nSPS) is 13.1. The Bertz CT molecular complexity index is 1490. The molecule has 0 saturated heterocycles. The highest BCUT2D eigenvalue weighted by Gasteiger charge is 2.24. The first-order valence-corrected chi connectivity index (χ1v) is 12.7. The van der Waals surface area contributed by atoms with Gasteiger partial charge in [-0.3, -0.25) is 9.36 Å². The van der Waals surface area contributed by atoms with E-state index in [1.54, 1.807) is 22.9 Å². The van der Waals surface area contributed by atoms with E-state index in [1.165, 1.54) is 27.1 Å². The molecule has 2 aromatic heterocycles. The Hall–Kier alpha value is -3.49. The largest absolute Gasteiger partial charge is 0.495 e. The van der Waals surface area contributed by atoms with E-state index in [-0.39, 0.29) is 15.6 Å². The van der Waals surface area contributed by atoms with Gasteiger partial charge < -0.3 is 20.5 Å². The number of nitrogens with two attached hydrogens (primary N) is 1. The summed E-state index contributed by atoms with van der Waals surface area (Å²) in [4.78, 5) is 23.2. The third kappa shape index (κ3) is 5.17. The van der Waals surface area contributed by atoms with Crippen molar-refractivity contribution < 1.29 is 9.47 Å². The molecule has 0 bridgehead atoms. The summed E-state index contributed by atoms with van der Waals surface area (Å²) >= 11 is 13.4. The third-order valence-electron chi connectivity index (χ3n) is 6.52. The number of anilines is 2.